The Labute approximate surface area is 237 Å². The Morgan fingerprint density at radius 1 is 0.950 bits per heavy atom. The molecule has 1 saturated carbocycles. The van der Waals surface area contributed by atoms with Crippen LogP contribution >= 0.6 is 11.8 Å². The lowest BCUT2D eigenvalue weighted by molar-refractivity contribution is -0.139. The molecule has 40 heavy (non-hydrogen) atoms. The van der Waals surface area contributed by atoms with E-state index >= 15 is 0 Å². The molecule has 1 aliphatic carbocycles. The summed E-state index contributed by atoms with van der Waals surface area (Å²) in [5.74, 6) is -0.730. The van der Waals surface area contributed by atoms with Crippen LogP contribution in [0.25, 0.3) is 0 Å². The second-order valence-corrected chi connectivity index (χ2v) is 12.4. The maximum absolute atomic E-state index is 13.3. The lowest BCUT2D eigenvalue weighted by Gasteiger charge is -2.32. The number of hydrogen-bond acceptors (Lipinski definition) is 7. The summed E-state index contributed by atoms with van der Waals surface area (Å²) in [5, 5.41) is 20.7. The van der Waals surface area contributed by atoms with Crippen LogP contribution in [0.1, 0.15) is 64.2 Å². The molecule has 0 spiro atoms. The number of carbonyl (C=O) groups excluding carboxylic acids is 5. The van der Waals surface area contributed by atoms with Gasteiger partial charge in [0, 0.05) is 49.9 Å². The second-order valence-electron chi connectivity index (χ2n) is 11.1. The van der Waals surface area contributed by atoms with Crippen molar-refractivity contribution in [3.05, 3.63) is 12.2 Å². The monoisotopic (exact) mass is 577 g/mol. The topological polar surface area (TPSA) is 174 Å². The molecule has 3 fully saturated rings. The Balaban J connectivity index is 1.13. The molecule has 6 amide bonds. The number of carbonyl (C=O) groups is 6. The number of unbranched alkanes of at least 4 members (excludes halogenated alkanes) is 2. The predicted octanol–water partition coefficient (Wildman–Crippen LogP) is 0.911. The minimum atomic E-state index is -0.864. The van der Waals surface area contributed by atoms with Gasteiger partial charge >= 0.3 is 12.0 Å². The number of carboxylic acids is 1. The van der Waals surface area contributed by atoms with Crippen LogP contribution in [0.2, 0.25) is 0 Å². The van der Waals surface area contributed by atoms with Crippen molar-refractivity contribution in [1.82, 2.24) is 26.2 Å². The smallest absolute Gasteiger partial charge is 0.315 e. The highest BCUT2D eigenvalue weighted by atomic mass is 32.2. The van der Waals surface area contributed by atoms with Gasteiger partial charge in [0.05, 0.1) is 12.1 Å². The Kier molecular flexibility index (Phi) is 10.1. The van der Waals surface area contributed by atoms with Crippen LogP contribution in [0.3, 0.4) is 0 Å². The van der Waals surface area contributed by atoms with Gasteiger partial charge in [-0.15, -0.1) is 11.8 Å². The third-order valence-corrected chi connectivity index (χ3v) is 10.0. The quantitative estimate of drug-likeness (QED) is 0.115. The van der Waals surface area contributed by atoms with Crippen molar-refractivity contribution in [1.29, 1.82) is 0 Å². The van der Waals surface area contributed by atoms with Crippen molar-refractivity contribution in [2.24, 2.45) is 11.8 Å². The largest absolute Gasteiger partial charge is 0.481 e. The third kappa shape index (κ3) is 7.15. The van der Waals surface area contributed by atoms with Gasteiger partial charge < -0.3 is 26.4 Å². The van der Waals surface area contributed by atoms with Crippen LogP contribution in [0.5, 0.6) is 0 Å². The molecule has 0 radical (unpaired) electrons. The van der Waals surface area contributed by atoms with Gasteiger partial charge in [0.1, 0.15) is 4.75 Å². The summed E-state index contributed by atoms with van der Waals surface area (Å²) in [6.45, 7) is 1.37. The SMILES string of the molecule is O=C(O)CCCC[C@]1(C(=O)NCCCCNC(=O)C2CCC(CN3C(=O)C=CC3=O)CC2)SC[C@@H]2NC(=O)N[C@@H]21. The maximum atomic E-state index is 13.3. The van der Waals surface area contributed by atoms with Crippen LogP contribution in [0, 0.1) is 11.8 Å². The predicted molar refractivity (Wildman–Crippen MR) is 147 cm³/mol. The van der Waals surface area contributed by atoms with E-state index in [9.17, 15) is 28.8 Å². The number of nitrogens with one attached hydrogen (secondary N) is 4. The molecule has 3 aliphatic heterocycles. The van der Waals surface area contributed by atoms with E-state index in [4.69, 9.17) is 5.11 Å². The first-order valence-corrected chi connectivity index (χ1v) is 15.2. The Hall–Kier alpha value is -3.09. The molecular formula is C27H39N5O7S. The number of urea groups is 1. The number of fused-ring (bicyclic) bond motifs is 1. The molecule has 0 aromatic carbocycles. The molecule has 3 atom stereocenters. The molecule has 220 valence electrons. The maximum Gasteiger partial charge on any atom is 0.315 e. The molecule has 2 saturated heterocycles. The van der Waals surface area contributed by atoms with E-state index in [-0.39, 0.29) is 60.0 Å². The minimum Gasteiger partial charge on any atom is -0.481 e. The van der Waals surface area contributed by atoms with Crippen LogP contribution in [0.15, 0.2) is 12.2 Å². The van der Waals surface area contributed by atoms with Gasteiger partial charge in [-0.25, -0.2) is 4.79 Å². The van der Waals surface area contributed by atoms with Crippen molar-refractivity contribution in [2.75, 3.05) is 25.4 Å². The van der Waals surface area contributed by atoms with Gasteiger partial charge in [0.25, 0.3) is 11.8 Å². The van der Waals surface area contributed by atoms with Gasteiger partial charge in [-0.2, -0.15) is 0 Å². The normalized spacial score (nSPS) is 29.2. The number of aliphatic carboxylic acids is 1. The molecular weight excluding hydrogens is 538 g/mol. The van der Waals surface area contributed by atoms with Crippen LogP contribution < -0.4 is 21.3 Å². The molecule has 5 N–H and O–H groups in total. The minimum absolute atomic E-state index is 0.0238. The molecule has 3 heterocycles. The Morgan fingerprint density at radius 3 is 2.30 bits per heavy atom. The second kappa shape index (κ2) is 13.5. The summed E-state index contributed by atoms with van der Waals surface area (Å²) >= 11 is 1.52. The zero-order chi connectivity index (χ0) is 28.7. The Morgan fingerprint density at radius 2 is 1.62 bits per heavy atom. The number of nitrogens with zero attached hydrogens (tertiary/aromatic N) is 1. The average molecular weight is 578 g/mol. The van der Waals surface area contributed by atoms with E-state index < -0.39 is 10.7 Å². The van der Waals surface area contributed by atoms with Gasteiger partial charge in [-0.3, -0.25) is 28.9 Å². The molecule has 4 aliphatic rings. The molecule has 12 nitrogen and oxygen atoms in total. The summed E-state index contributed by atoms with van der Waals surface area (Å²) in [5.41, 5.74) is 0. The van der Waals surface area contributed by atoms with Gasteiger partial charge in [-0.05, 0) is 57.3 Å². The molecule has 0 unspecified atom stereocenters. The Bertz CT molecular complexity index is 1030. The van der Waals surface area contributed by atoms with Crippen LogP contribution in [-0.4, -0.2) is 87.9 Å². The fraction of sp³-hybridized carbons (Fsp3) is 0.704. The zero-order valence-corrected chi connectivity index (χ0v) is 23.4. The van der Waals surface area contributed by atoms with Crippen LogP contribution in [-0.2, 0) is 24.0 Å². The average Bonchev–Trinajstić information content (AvgIpc) is 3.57. The summed E-state index contributed by atoms with van der Waals surface area (Å²) in [6.07, 6.45) is 8.63. The van der Waals surface area contributed by atoms with E-state index in [0.717, 1.165) is 25.7 Å². The molecule has 4 rings (SSSR count). The standard InChI is InChI=1S/C27H39N5O7S/c33-20-10-11-21(34)32(20)15-17-6-8-18(9-7-17)24(37)28-13-3-4-14-29-25(38)27(12-2-1-5-22(35)36)23-19(16-40-27)30-26(39)31-23/h10-11,17-19,23H,1-9,12-16H2,(H,28,37)(H,29,38)(H,35,36)(H2,30,31,39)/t17?,18?,19-,23-,27-/m0/s1. The number of imide groups is 1. The molecule has 0 aromatic heterocycles. The first kappa shape index (κ1) is 29.9. The van der Waals surface area contributed by atoms with E-state index in [2.05, 4.69) is 21.3 Å². The third-order valence-electron chi connectivity index (χ3n) is 8.35. The van der Waals surface area contributed by atoms with Gasteiger partial charge in [0.15, 0.2) is 0 Å². The zero-order valence-electron chi connectivity index (χ0n) is 22.6. The lowest BCUT2D eigenvalue weighted by atomic mass is 9.81. The van der Waals surface area contributed by atoms with Crippen molar-refractivity contribution < 1.29 is 33.9 Å². The fourth-order valence-corrected chi connectivity index (χ4v) is 7.74. The van der Waals surface area contributed by atoms with Crippen molar-refractivity contribution in [3.8, 4) is 0 Å². The van der Waals surface area contributed by atoms with E-state index in [1.54, 1.807) is 0 Å². The van der Waals surface area contributed by atoms with Crippen molar-refractivity contribution >= 4 is 47.4 Å². The van der Waals surface area contributed by atoms with E-state index in [1.165, 1.54) is 28.8 Å². The van der Waals surface area contributed by atoms with Gasteiger partial charge in [-0.1, -0.05) is 6.42 Å². The van der Waals surface area contributed by atoms with Crippen molar-refractivity contribution in [3.63, 3.8) is 0 Å². The molecule has 13 heteroatoms. The van der Waals surface area contributed by atoms with Gasteiger partial charge in [0.2, 0.25) is 11.8 Å². The fourth-order valence-electron chi connectivity index (χ4n) is 6.09. The number of thioether (sulfide) groups is 1. The molecule has 0 bridgehead atoms. The summed E-state index contributed by atoms with van der Waals surface area (Å²) < 4.78 is -0.832. The highest BCUT2D eigenvalue weighted by Gasteiger charge is 2.57. The first-order valence-electron chi connectivity index (χ1n) is 14.2. The van der Waals surface area contributed by atoms with E-state index in [1.807, 2.05) is 0 Å². The van der Waals surface area contributed by atoms with Crippen LogP contribution in [0.4, 0.5) is 4.79 Å². The number of amides is 6. The summed E-state index contributed by atoms with van der Waals surface area (Å²) in [7, 11) is 0. The lowest BCUT2D eigenvalue weighted by Crippen LogP contribution is -2.56. The summed E-state index contributed by atoms with van der Waals surface area (Å²) in [4.78, 5) is 73.5. The number of hydrogen-bond donors (Lipinski definition) is 5. The van der Waals surface area contributed by atoms with E-state index in [0.29, 0.717) is 57.5 Å². The highest BCUT2D eigenvalue weighted by molar-refractivity contribution is 8.01. The molecule has 0 aromatic rings. The van der Waals surface area contributed by atoms with Crippen molar-refractivity contribution in [2.45, 2.75) is 81.0 Å². The first-order chi connectivity index (χ1) is 19.2. The summed E-state index contributed by atoms with van der Waals surface area (Å²) in [6, 6.07) is -0.747. The number of rotatable bonds is 14. The number of carboxylic acid groups (broad SMARTS) is 1. The highest BCUT2D eigenvalue weighted by Crippen LogP contribution is 2.44.